The zero-order valence-electron chi connectivity index (χ0n) is 8.23. The summed E-state index contributed by atoms with van der Waals surface area (Å²) in [5.74, 6) is -0.835. The second kappa shape index (κ2) is 4.45. The van der Waals surface area contributed by atoms with Gasteiger partial charge in [0.1, 0.15) is 5.82 Å². The fourth-order valence-corrected chi connectivity index (χ4v) is 1.54. The van der Waals surface area contributed by atoms with E-state index in [2.05, 4.69) is 10.1 Å². The maximum Gasteiger partial charge on any atom is 0.411 e. The minimum Gasteiger partial charge on any atom is -0.453 e. The lowest BCUT2D eigenvalue weighted by atomic mass is 10.3. The van der Waals surface area contributed by atoms with Gasteiger partial charge in [0.25, 0.3) is 0 Å². The molecule has 0 heterocycles. The number of primary sulfonamides is 1. The Balaban J connectivity index is 3.14. The number of halogens is 1. The fraction of sp³-hybridized carbons (Fsp3) is 0.125. The summed E-state index contributed by atoms with van der Waals surface area (Å²) in [6.45, 7) is 0. The zero-order chi connectivity index (χ0) is 12.3. The van der Waals surface area contributed by atoms with Crippen LogP contribution in [0.3, 0.4) is 0 Å². The smallest absolute Gasteiger partial charge is 0.411 e. The van der Waals surface area contributed by atoms with Gasteiger partial charge < -0.3 is 4.74 Å². The lowest BCUT2D eigenvalue weighted by molar-refractivity contribution is 0.187. The van der Waals surface area contributed by atoms with Crippen LogP contribution in [0.4, 0.5) is 14.9 Å². The number of nitrogens with two attached hydrogens (primary N) is 1. The standard InChI is InChI=1S/C8H9FN2O4S/c1-15-8(12)11-6-2-5(9)3-7(4-6)16(10,13)14/h2-4H,1H3,(H,11,12)(H2,10,13,14). The summed E-state index contributed by atoms with van der Waals surface area (Å²) in [6, 6.07) is 2.71. The number of anilines is 1. The second-order valence-corrected chi connectivity index (χ2v) is 4.40. The van der Waals surface area contributed by atoms with E-state index in [-0.39, 0.29) is 5.69 Å². The first-order chi connectivity index (χ1) is 7.32. The Bertz CT molecular complexity index is 515. The van der Waals surface area contributed by atoms with Crippen LogP contribution in [0.5, 0.6) is 0 Å². The average Bonchev–Trinajstić information content (AvgIpc) is 2.15. The molecule has 16 heavy (non-hydrogen) atoms. The molecule has 6 nitrogen and oxygen atoms in total. The number of sulfonamides is 1. The van der Waals surface area contributed by atoms with Gasteiger partial charge in [-0.2, -0.15) is 0 Å². The summed E-state index contributed by atoms with van der Waals surface area (Å²) in [5.41, 5.74) is -0.0594. The third-order valence-electron chi connectivity index (χ3n) is 1.63. The molecule has 1 aromatic carbocycles. The Hall–Kier alpha value is -1.67. The highest BCUT2D eigenvalue weighted by Crippen LogP contribution is 2.17. The molecule has 1 rings (SSSR count). The number of rotatable bonds is 2. The third-order valence-corrected chi connectivity index (χ3v) is 2.52. The Labute approximate surface area is 91.3 Å². The molecule has 0 spiro atoms. The molecule has 1 aromatic rings. The van der Waals surface area contributed by atoms with Crippen LogP contribution in [0.25, 0.3) is 0 Å². The van der Waals surface area contributed by atoms with Crippen molar-refractivity contribution in [3.8, 4) is 0 Å². The van der Waals surface area contributed by atoms with E-state index in [0.29, 0.717) is 0 Å². The van der Waals surface area contributed by atoms with Crippen LogP contribution in [0.15, 0.2) is 23.1 Å². The normalized spacial score (nSPS) is 10.9. The minimum atomic E-state index is -4.02. The molecule has 0 fully saturated rings. The number of benzene rings is 1. The molecule has 0 aliphatic heterocycles. The van der Waals surface area contributed by atoms with Crippen molar-refractivity contribution in [3.05, 3.63) is 24.0 Å². The van der Waals surface area contributed by atoms with E-state index in [0.717, 1.165) is 25.3 Å². The monoisotopic (exact) mass is 248 g/mol. The highest BCUT2D eigenvalue weighted by molar-refractivity contribution is 7.89. The molecule has 0 saturated carbocycles. The summed E-state index contributed by atoms with van der Waals surface area (Å²) >= 11 is 0. The van der Waals surface area contributed by atoms with Crippen LogP contribution < -0.4 is 10.5 Å². The molecular formula is C8H9FN2O4S. The van der Waals surface area contributed by atoms with E-state index < -0.39 is 26.8 Å². The molecule has 88 valence electrons. The number of carbonyl (C=O) groups excluding carboxylic acids is 1. The first-order valence-corrected chi connectivity index (χ1v) is 5.56. The van der Waals surface area contributed by atoms with Crippen LogP contribution in [-0.2, 0) is 14.8 Å². The molecule has 0 aromatic heterocycles. The molecule has 0 aliphatic rings. The first kappa shape index (κ1) is 12.4. The number of amides is 1. The molecule has 3 N–H and O–H groups in total. The van der Waals surface area contributed by atoms with Crippen molar-refractivity contribution < 1.29 is 22.3 Å². The van der Waals surface area contributed by atoms with Crippen molar-refractivity contribution in [1.29, 1.82) is 0 Å². The van der Waals surface area contributed by atoms with Crippen molar-refractivity contribution in [2.45, 2.75) is 4.90 Å². The highest BCUT2D eigenvalue weighted by atomic mass is 32.2. The van der Waals surface area contributed by atoms with Crippen molar-refractivity contribution in [2.24, 2.45) is 5.14 Å². The van der Waals surface area contributed by atoms with Gasteiger partial charge in [-0.1, -0.05) is 0 Å². The van der Waals surface area contributed by atoms with Gasteiger partial charge in [0.2, 0.25) is 10.0 Å². The zero-order valence-corrected chi connectivity index (χ0v) is 9.05. The van der Waals surface area contributed by atoms with Gasteiger partial charge in [-0.15, -0.1) is 0 Å². The predicted molar refractivity (Wildman–Crippen MR) is 53.8 cm³/mol. The van der Waals surface area contributed by atoms with Gasteiger partial charge in [-0.3, -0.25) is 5.32 Å². The van der Waals surface area contributed by atoms with Gasteiger partial charge in [0.05, 0.1) is 12.0 Å². The average molecular weight is 248 g/mol. The maximum atomic E-state index is 13.0. The summed E-state index contributed by atoms with van der Waals surface area (Å²) < 4.78 is 39.2. The van der Waals surface area contributed by atoms with E-state index in [4.69, 9.17) is 5.14 Å². The van der Waals surface area contributed by atoms with Crippen molar-refractivity contribution in [1.82, 2.24) is 0 Å². The number of nitrogens with one attached hydrogen (secondary N) is 1. The van der Waals surface area contributed by atoms with Crippen molar-refractivity contribution >= 4 is 21.8 Å². The van der Waals surface area contributed by atoms with E-state index >= 15 is 0 Å². The van der Waals surface area contributed by atoms with Gasteiger partial charge in [0, 0.05) is 5.69 Å². The maximum absolute atomic E-state index is 13.0. The summed E-state index contributed by atoms with van der Waals surface area (Å²) in [6.07, 6.45) is -0.842. The SMILES string of the molecule is COC(=O)Nc1cc(F)cc(S(N)(=O)=O)c1. The fourth-order valence-electron chi connectivity index (χ4n) is 0.968. The van der Waals surface area contributed by atoms with Crippen LogP contribution in [0, 0.1) is 5.82 Å². The van der Waals surface area contributed by atoms with Gasteiger partial charge >= 0.3 is 6.09 Å². The molecule has 0 saturated heterocycles. The number of methoxy groups -OCH3 is 1. The number of ether oxygens (including phenoxy) is 1. The lowest BCUT2D eigenvalue weighted by Crippen LogP contribution is -2.15. The van der Waals surface area contributed by atoms with Gasteiger partial charge in [0.15, 0.2) is 0 Å². The van der Waals surface area contributed by atoms with E-state index in [9.17, 15) is 17.6 Å². The second-order valence-electron chi connectivity index (χ2n) is 2.84. The molecule has 0 bridgehead atoms. The molecule has 1 amide bonds. The summed E-state index contributed by atoms with van der Waals surface area (Å²) in [4.78, 5) is 10.4. The van der Waals surface area contributed by atoms with Crippen LogP contribution in [0.1, 0.15) is 0 Å². The molecule has 0 unspecified atom stereocenters. The van der Waals surface area contributed by atoms with Crippen molar-refractivity contribution in [3.63, 3.8) is 0 Å². The third kappa shape index (κ3) is 3.17. The number of hydrogen-bond acceptors (Lipinski definition) is 4. The summed E-state index contributed by atoms with van der Waals surface area (Å²) in [5, 5.41) is 6.94. The molecule has 0 atom stereocenters. The first-order valence-electron chi connectivity index (χ1n) is 4.01. The Morgan fingerprint density at radius 2 is 2.06 bits per heavy atom. The Morgan fingerprint density at radius 1 is 1.44 bits per heavy atom. The predicted octanol–water partition coefficient (Wildman–Crippen LogP) is 0.651. The Kier molecular flexibility index (Phi) is 3.45. The molecular weight excluding hydrogens is 239 g/mol. The van der Waals surface area contributed by atoms with E-state index in [1.807, 2.05) is 0 Å². The quantitative estimate of drug-likeness (QED) is 0.802. The number of hydrogen-bond donors (Lipinski definition) is 2. The highest BCUT2D eigenvalue weighted by Gasteiger charge is 2.12. The molecule has 8 heteroatoms. The molecule has 0 aliphatic carbocycles. The number of carbonyl (C=O) groups is 1. The van der Waals surface area contributed by atoms with Crippen LogP contribution in [-0.4, -0.2) is 21.6 Å². The van der Waals surface area contributed by atoms with E-state index in [1.54, 1.807) is 0 Å². The lowest BCUT2D eigenvalue weighted by Gasteiger charge is -2.05. The van der Waals surface area contributed by atoms with Crippen LogP contribution >= 0.6 is 0 Å². The van der Waals surface area contributed by atoms with Gasteiger partial charge in [-0.25, -0.2) is 22.7 Å². The topological polar surface area (TPSA) is 98.5 Å². The van der Waals surface area contributed by atoms with Gasteiger partial charge in [-0.05, 0) is 18.2 Å². The van der Waals surface area contributed by atoms with Crippen LogP contribution in [0.2, 0.25) is 0 Å². The summed E-state index contributed by atoms with van der Waals surface area (Å²) in [7, 11) is -2.90. The largest absolute Gasteiger partial charge is 0.453 e. The van der Waals surface area contributed by atoms with E-state index in [1.165, 1.54) is 0 Å². The van der Waals surface area contributed by atoms with Crippen molar-refractivity contribution in [2.75, 3.05) is 12.4 Å². The molecule has 0 radical (unpaired) electrons. The minimum absolute atomic E-state index is 0.0594. The Morgan fingerprint density at radius 3 is 2.56 bits per heavy atom.